The summed E-state index contributed by atoms with van der Waals surface area (Å²) in [5.41, 5.74) is 10.0. The number of nitrogen functional groups attached to an aromatic ring is 2. The summed E-state index contributed by atoms with van der Waals surface area (Å²) >= 11 is 1.06. The predicted molar refractivity (Wildman–Crippen MR) is 136 cm³/mol. The van der Waals surface area contributed by atoms with Gasteiger partial charge in [0.25, 0.3) is 11.8 Å². The average Bonchev–Trinajstić information content (AvgIpc) is 3.28. The Morgan fingerprint density at radius 3 is 2.71 bits per heavy atom. The van der Waals surface area contributed by atoms with Gasteiger partial charge in [0, 0.05) is 17.0 Å². The summed E-state index contributed by atoms with van der Waals surface area (Å²) in [5, 5.41) is 10.0. The van der Waals surface area contributed by atoms with E-state index in [9.17, 15) is 18.0 Å². The van der Waals surface area contributed by atoms with Gasteiger partial charge in [-0.3, -0.25) is 14.1 Å². The summed E-state index contributed by atoms with van der Waals surface area (Å²) < 4.78 is 40.8. The molecule has 0 aliphatic carbocycles. The second-order valence-electron chi connectivity index (χ2n) is 8.47. The van der Waals surface area contributed by atoms with Crippen LogP contribution in [-0.2, 0) is 29.1 Å². The number of amides is 2. The van der Waals surface area contributed by atoms with Crippen molar-refractivity contribution in [2.24, 2.45) is 5.16 Å². The molecule has 2 aromatic heterocycles. The van der Waals surface area contributed by atoms with E-state index in [-0.39, 0.29) is 29.8 Å². The molecule has 0 spiro atoms. The number of hydrogen-bond acceptors (Lipinski definition) is 13. The number of nitrogens with two attached hydrogens (primary N) is 2. The molecule has 4 rings (SSSR count). The molecular weight excluding hydrogens is 542 g/mol. The van der Waals surface area contributed by atoms with E-state index in [1.165, 1.54) is 19.2 Å². The molecule has 0 saturated carbocycles. The van der Waals surface area contributed by atoms with Gasteiger partial charge < -0.3 is 26.4 Å². The first-order chi connectivity index (χ1) is 17.9. The summed E-state index contributed by atoms with van der Waals surface area (Å²) in [5.74, 6) is -0.774. The van der Waals surface area contributed by atoms with Crippen molar-refractivity contribution in [3.8, 4) is 5.75 Å². The van der Waals surface area contributed by atoms with Gasteiger partial charge in [-0.25, -0.2) is 9.97 Å². The standard InChI is InChI=1S/C21H23N7O8S2/c1-21(2)16(19(30)28(21)36-38(31,32)33)26-18(29)15(14-10-37-20(23)25-14)27-35-8-7-34-12-3-4-13-11(9-12)5-6-24-17(13)22/h3-6,9-10,16H,7-8H2,1-2H3,(H2,22,24)(H2,23,25)(H,26,29)(H,31,32,33)/b27-15-/t16-/m1/s1. The zero-order valence-electron chi connectivity index (χ0n) is 20.0. The lowest BCUT2D eigenvalue weighted by molar-refractivity contribution is -0.218. The zero-order valence-corrected chi connectivity index (χ0v) is 21.7. The average molecular weight is 566 g/mol. The van der Waals surface area contributed by atoms with Crippen LogP contribution in [-0.4, -0.2) is 70.3 Å². The van der Waals surface area contributed by atoms with Gasteiger partial charge in [-0.15, -0.1) is 15.6 Å². The van der Waals surface area contributed by atoms with Crippen molar-refractivity contribution in [2.75, 3.05) is 24.7 Å². The van der Waals surface area contributed by atoms with E-state index >= 15 is 0 Å². The van der Waals surface area contributed by atoms with Gasteiger partial charge in [-0.2, -0.15) is 13.5 Å². The van der Waals surface area contributed by atoms with E-state index in [0.717, 1.165) is 22.1 Å². The highest BCUT2D eigenvalue weighted by molar-refractivity contribution is 7.80. The quantitative estimate of drug-likeness (QED) is 0.0867. The minimum Gasteiger partial charge on any atom is -0.490 e. The Kier molecular flexibility index (Phi) is 7.36. The maximum absolute atomic E-state index is 13.0. The fourth-order valence-electron chi connectivity index (χ4n) is 3.60. The molecule has 0 bridgehead atoms. The van der Waals surface area contributed by atoms with Crippen molar-refractivity contribution in [3.05, 3.63) is 41.5 Å². The van der Waals surface area contributed by atoms with Crippen LogP contribution < -0.4 is 21.5 Å². The molecule has 202 valence electrons. The number of nitrogens with zero attached hydrogens (tertiary/aromatic N) is 4. The molecule has 1 atom stereocenters. The van der Waals surface area contributed by atoms with Crippen molar-refractivity contribution in [1.82, 2.24) is 20.3 Å². The number of oxime groups is 1. The maximum Gasteiger partial charge on any atom is 0.418 e. The first-order valence-corrected chi connectivity index (χ1v) is 13.1. The Hall–Kier alpha value is -4.06. The molecule has 0 unspecified atom stereocenters. The smallest absolute Gasteiger partial charge is 0.418 e. The number of thiazole rings is 1. The Bertz CT molecular complexity index is 1520. The maximum atomic E-state index is 13.0. The van der Waals surface area contributed by atoms with Gasteiger partial charge in [0.15, 0.2) is 17.5 Å². The monoisotopic (exact) mass is 565 g/mol. The Balaban J connectivity index is 1.40. The van der Waals surface area contributed by atoms with Crippen LogP contribution >= 0.6 is 11.3 Å². The van der Waals surface area contributed by atoms with E-state index in [0.29, 0.717) is 16.6 Å². The van der Waals surface area contributed by atoms with E-state index in [1.54, 1.807) is 30.5 Å². The summed E-state index contributed by atoms with van der Waals surface area (Å²) in [6.45, 7) is 2.89. The number of benzene rings is 1. The van der Waals surface area contributed by atoms with Crippen LogP contribution in [0.15, 0.2) is 41.0 Å². The zero-order chi connectivity index (χ0) is 27.7. The van der Waals surface area contributed by atoms with Crippen molar-refractivity contribution in [1.29, 1.82) is 0 Å². The molecule has 3 heterocycles. The molecule has 0 radical (unpaired) electrons. The molecule has 1 saturated heterocycles. The first kappa shape index (κ1) is 27.0. The Morgan fingerprint density at radius 1 is 1.29 bits per heavy atom. The number of nitrogens with one attached hydrogen (secondary N) is 1. The van der Waals surface area contributed by atoms with Crippen LogP contribution in [0.25, 0.3) is 10.8 Å². The van der Waals surface area contributed by atoms with Crippen LogP contribution in [0.4, 0.5) is 10.9 Å². The Labute approximate surface area is 220 Å². The lowest BCUT2D eigenvalue weighted by Crippen LogP contribution is -2.76. The molecule has 1 aromatic carbocycles. The number of pyridine rings is 1. The van der Waals surface area contributed by atoms with Crippen LogP contribution in [0.5, 0.6) is 5.75 Å². The van der Waals surface area contributed by atoms with Gasteiger partial charge >= 0.3 is 10.4 Å². The fraction of sp³-hybridized carbons (Fsp3) is 0.286. The van der Waals surface area contributed by atoms with Gasteiger partial charge in [0.2, 0.25) is 0 Å². The number of hydroxylamine groups is 2. The number of aromatic nitrogens is 2. The van der Waals surface area contributed by atoms with Crippen molar-refractivity contribution in [2.45, 2.75) is 25.4 Å². The van der Waals surface area contributed by atoms with Crippen molar-refractivity contribution < 1.29 is 36.4 Å². The molecular formula is C21H23N7O8S2. The third-order valence-electron chi connectivity index (χ3n) is 5.47. The molecule has 6 N–H and O–H groups in total. The number of carbonyl (C=O) groups is 2. The van der Waals surface area contributed by atoms with E-state index < -0.39 is 33.8 Å². The van der Waals surface area contributed by atoms with Gasteiger partial charge in [-0.1, -0.05) is 5.16 Å². The summed E-state index contributed by atoms with van der Waals surface area (Å²) in [6.07, 6.45) is 1.59. The number of carbonyl (C=O) groups excluding carboxylic acids is 2. The van der Waals surface area contributed by atoms with Crippen LogP contribution in [0.1, 0.15) is 19.5 Å². The molecule has 1 aliphatic heterocycles. The largest absolute Gasteiger partial charge is 0.490 e. The minimum atomic E-state index is -4.94. The first-order valence-electron chi connectivity index (χ1n) is 10.9. The lowest BCUT2D eigenvalue weighted by atomic mass is 9.84. The fourth-order valence-corrected chi connectivity index (χ4v) is 4.60. The van der Waals surface area contributed by atoms with Crippen LogP contribution in [0.2, 0.25) is 0 Å². The number of anilines is 2. The lowest BCUT2D eigenvalue weighted by Gasteiger charge is -2.50. The third-order valence-corrected chi connectivity index (χ3v) is 6.48. The highest BCUT2D eigenvalue weighted by Gasteiger charge is 2.58. The normalized spacial score (nSPS) is 17.2. The van der Waals surface area contributed by atoms with E-state index in [2.05, 4.69) is 24.7 Å². The van der Waals surface area contributed by atoms with Gasteiger partial charge in [0.05, 0.1) is 5.54 Å². The topological polar surface area (TPSA) is 222 Å². The molecule has 1 fully saturated rings. The molecule has 1 aliphatic rings. The summed E-state index contributed by atoms with van der Waals surface area (Å²) in [4.78, 5) is 38.7. The molecule has 2 amide bonds. The highest BCUT2D eigenvalue weighted by atomic mass is 32.3. The molecule has 3 aromatic rings. The number of fused-ring (bicyclic) bond motifs is 1. The summed E-state index contributed by atoms with van der Waals surface area (Å²) in [7, 11) is -4.94. The second-order valence-corrected chi connectivity index (χ2v) is 10.4. The van der Waals surface area contributed by atoms with Crippen molar-refractivity contribution >= 4 is 61.0 Å². The predicted octanol–water partition coefficient (Wildman–Crippen LogP) is 0.495. The summed E-state index contributed by atoms with van der Waals surface area (Å²) in [6, 6.07) is 5.91. The Morgan fingerprint density at radius 2 is 2.05 bits per heavy atom. The number of β-lactam (4-membered cyclic amide) rings is 1. The second kappa shape index (κ2) is 10.4. The SMILES string of the molecule is CC1(C)[C@H](NC(=O)/C(=N\OCCOc2ccc3c(N)nccc3c2)c2csc(N)n2)C(=O)N1OS(=O)(=O)O. The van der Waals surface area contributed by atoms with Gasteiger partial charge in [0.1, 0.15) is 29.9 Å². The molecule has 38 heavy (non-hydrogen) atoms. The van der Waals surface area contributed by atoms with Gasteiger partial charge in [-0.05, 0) is 43.5 Å². The van der Waals surface area contributed by atoms with Crippen molar-refractivity contribution in [3.63, 3.8) is 0 Å². The van der Waals surface area contributed by atoms with E-state index in [4.69, 9.17) is 25.6 Å². The highest BCUT2D eigenvalue weighted by Crippen LogP contribution is 2.33. The van der Waals surface area contributed by atoms with Crippen LogP contribution in [0, 0.1) is 0 Å². The molecule has 17 heteroatoms. The number of ether oxygens (including phenoxy) is 1. The third kappa shape index (κ3) is 5.75. The van der Waals surface area contributed by atoms with Crippen LogP contribution in [0.3, 0.4) is 0 Å². The van der Waals surface area contributed by atoms with E-state index in [1.807, 2.05) is 0 Å². The number of hydrogen-bond donors (Lipinski definition) is 4. The minimum absolute atomic E-state index is 0.0449. The number of rotatable bonds is 10. The molecule has 15 nitrogen and oxygen atoms in total.